The number of hydrogen-bond donors (Lipinski definition) is 2. The monoisotopic (exact) mass is 510 g/mol. The number of nitrogens with zero attached hydrogens (tertiary/aromatic N) is 4. The van der Waals surface area contributed by atoms with Crippen LogP contribution in [0.1, 0.15) is 12.0 Å². The maximum atomic E-state index is 14.2. The molecule has 9 heteroatoms. The predicted molar refractivity (Wildman–Crippen MR) is 146 cm³/mol. The van der Waals surface area contributed by atoms with Crippen molar-refractivity contribution in [1.29, 1.82) is 0 Å². The van der Waals surface area contributed by atoms with Gasteiger partial charge in [-0.2, -0.15) is 5.10 Å². The molecule has 0 unspecified atom stereocenters. The van der Waals surface area contributed by atoms with E-state index in [0.29, 0.717) is 42.2 Å². The van der Waals surface area contributed by atoms with E-state index in [1.807, 2.05) is 72.5 Å². The van der Waals surface area contributed by atoms with Gasteiger partial charge in [0.1, 0.15) is 18.2 Å². The Morgan fingerprint density at radius 2 is 1.84 bits per heavy atom. The lowest BCUT2D eigenvalue weighted by atomic mass is 10.1. The number of halogens is 1. The van der Waals surface area contributed by atoms with Crippen LogP contribution in [0.3, 0.4) is 0 Å². The molecule has 0 saturated carbocycles. The molecule has 0 aliphatic carbocycles. The van der Waals surface area contributed by atoms with E-state index >= 15 is 0 Å². The van der Waals surface area contributed by atoms with E-state index in [9.17, 15) is 9.18 Å². The fourth-order valence-corrected chi connectivity index (χ4v) is 4.95. The van der Waals surface area contributed by atoms with Crippen LogP contribution in [0.25, 0.3) is 38.9 Å². The third-order valence-corrected chi connectivity index (χ3v) is 6.79. The first-order valence-electron chi connectivity index (χ1n) is 12.5. The Kier molecular flexibility index (Phi) is 6.05. The summed E-state index contributed by atoms with van der Waals surface area (Å²) in [5.41, 5.74) is 9.61. The fraction of sp³-hybridized carbons (Fsp3) is 0.172. The zero-order chi connectivity index (χ0) is 26.2. The number of benzene rings is 3. The highest BCUT2D eigenvalue weighted by molar-refractivity contribution is 5.96. The van der Waals surface area contributed by atoms with Crippen LogP contribution in [0.2, 0.25) is 0 Å². The average Bonchev–Trinajstić information content (AvgIpc) is 3.59. The van der Waals surface area contributed by atoms with Gasteiger partial charge in [-0.15, -0.1) is 0 Å². The molecule has 38 heavy (non-hydrogen) atoms. The molecule has 0 spiro atoms. The second-order valence-electron chi connectivity index (χ2n) is 9.31. The van der Waals surface area contributed by atoms with E-state index in [-0.39, 0.29) is 11.5 Å². The number of fused-ring (bicyclic) bond motifs is 2. The van der Waals surface area contributed by atoms with Gasteiger partial charge in [0, 0.05) is 53.9 Å². The lowest BCUT2D eigenvalue weighted by Crippen LogP contribution is -2.15. The van der Waals surface area contributed by atoms with E-state index in [0.717, 1.165) is 34.2 Å². The SMILES string of the molecule is Cn1cc(-c2n[nH]c(=O)n2-c2cn(CCCN)c3cc(OCc4ccccc4)ccc23)c2cc(F)ccc21. The van der Waals surface area contributed by atoms with E-state index < -0.39 is 0 Å². The maximum Gasteiger partial charge on any atom is 0.348 e. The lowest BCUT2D eigenvalue weighted by molar-refractivity contribution is 0.306. The van der Waals surface area contributed by atoms with Crippen LogP contribution >= 0.6 is 0 Å². The number of nitrogens with one attached hydrogen (secondary N) is 1. The normalized spacial score (nSPS) is 11.6. The zero-order valence-corrected chi connectivity index (χ0v) is 20.9. The molecule has 0 radical (unpaired) electrons. The summed E-state index contributed by atoms with van der Waals surface area (Å²) in [7, 11) is 1.88. The molecule has 0 fully saturated rings. The number of H-pyrrole nitrogens is 1. The largest absolute Gasteiger partial charge is 0.489 e. The van der Waals surface area contributed by atoms with Crippen LogP contribution in [-0.4, -0.2) is 30.4 Å². The summed E-state index contributed by atoms with van der Waals surface area (Å²) in [6.45, 7) is 1.67. The summed E-state index contributed by atoms with van der Waals surface area (Å²) >= 11 is 0. The molecule has 8 nitrogen and oxygen atoms in total. The summed E-state index contributed by atoms with van der Waals surface area (Å²) in [4.78, 5) is 13.1. The first kappa shape index (κ1) is 23.7. The van der Waals surface area contributed by atoms with Crippen LogP contribution < -0.4 is 16.2 Å². The van der Waals surface area contributed by atoms with Crippen LogP contribution in [0.4, 0.5) is 4.39 Å². The van der Waals surface area contributed by atoms with Crippen molar-refractivity contribution in [3.63, 3.8) is 0 Å². The molecule has 0 amide bonds. The summed E-state index contributed by atoms with van der Waals surface area (Å²) in [6.07, 6.45) is 4.57. The lowest BCUT2D eigenvalue weighted by Gasteiger charge is -2.09. The molecular formula is C29H27FN6O2. The van der Waals surface area contributed by atoms with Gasteiger partial charge in [-0.3, -0.25) is 0 Å². The zero-order valence-electron chi connectivity index (χ0n) is 20.9. The first-order valence-corrected chi connectivity index (χ1v) is 12.5. The number of nitrogens with two attached hydrogens (primary N) is 1. The molecule has 0 aliphatic heterocycles. The summed E-state index contributed by atoms with van der Waals surface area (Å²) in [5.74, 6) is 0.786. The topological polar surface area (TPSA) is 95.8 Å². The van der Waals surface area contributed by atoms with Gasteiger partial charge in [0.2, 0.25) is 0 Å². The fourth-order valence-electron chi connectivity index (χ4n) is 4.95. The molecule has 3 aromatic carbocycles. The number of hydrogen-bond acceptors (Lipinski definition) is 4. The Labute approximate surface area is 217 Å². The minimum atomic E-state index is -0.379. The van der Waals surface area contributed by atoms with E-state index in [4.69, 9.17) is 10.5 Å². The molecule has 0 atom stereocenters. The second kappa shape index (κ2) is 9.68. The van der Waals surface area contributed by atoms with E-state index in [1.54, 1.807) is 10.6 Å². The highest BCUT2D eigenvalue weighted by Gasteiger charge is 2.21. The van der Waals surface area contributed by atoms with Crippen molar-refractivity contribution in [3.8, 4) is 22.8 Å². The van der Waals surface area contributed by atoms with Gasteiger partial charge in [-0.25, -0.2) is 18.9 Å². The van der Waals surface area contributed by atoms with Gasteiger partial charge in [-0.05, 0) is 48.9 Å². The van der Waals surface area contributed by atoms with Crippen LogP contribution in [0.5, 0.6) is 5.75 Å². The number of ether oxygens (including phenoxy) is 1. The Morgan fingerprint density at radius 1 is 1.00 bits per heavy atom. The molecule has 0 aliphatic rings. The quantitative estimate of drug-likeness (QED) is 0.309. The minimum Gasteiger partial charge on any atom is -0.489 e. The summed E-state index contributed by atoms with van der Waals surface area (Å²) < 4.78 is 25.8. The number of rotatable bonds is 8. The van der Waals surface area contributed by atoms with Gasteiger partial charge in [0.05, 0.1) is 11.2 Å². The number of aromatic amines is 1. The third kappa shape index (κ3) is 4.16. The van der Waals surface area contributed by atoms with Gasteiger partial charge in [-0.1, -0.05) is 30.3 Å². The Hall–Kier alpha value is -4.63. The van der Waals surface area contributed by atoms with Gasteiger partial charge in [0.25, 0.3) is 0 Å². The highest BCUT2D eigenvalue weighted by atomic mass is 19.1. The summed E-state index contributed by atoms with van der Waals surface area (Å²) in [6, 6.07) is 20.4. The smallest absolute Gasteiger partial charge is 0.348 e. The van der Waals surface area contributed by atoms with Crippen molar-refractivity contribution in [2.45, 2.75) is 19.6 Å². The molecule has 0 bridgehead atoms. The van der Waals surface area contributed by atoms with Crippen molar-refractivity contribution in [2.75, 3.05) is 6.54 Å². The molecule has 0 saturated heterocycles. The molecule has 3 aromatic heterocycles. The molecular weight excluding hydrogens is 483 g/mol. The highest BCUT2D eigenvalue weighted by Crippen LogP contribution is 2.34. The second-order valence-corrected chi connectivity index (χ2v) is 9.31. The Balaban J connectivity index is 1.47. The molecule has 6 rings (SSSR count). The standard InChI is InChI=1S/C29H27FN6O2/c1-34-16-24(23-14-20(30)8-11-25(23)34)28-32-33-29(37)36(28)27-17-35(13-5-12-31)26-15-21(9-10-22(26)27)38-18-19-6-3-2-4-7-19/h2-4,6-11,14-17H,5,12-13,18,31H2,1H3,(H,33,37). The Bertz CT molecular complexity index is 1810. The molecule has 3 N–H and O–H groups in total. The average molecular weight is 511 g/mol. The van der Waals surface area contributed by atoms with E-state index in [1.165, 1.54) is 12.1 Å². The minimum absolute atomic E-state index is 0.351. The van der Waals surface area contributed by atoms with Crippen LogP contribution in [0.15, 0.2) is 83.9 Å². The van der Waals surface area contributed by atoms with Crippen molar-refractivity contribution in [1.82, 2.24) is 23.9 Å². The molecule has 192 valence electrons. The summed E-state index contributed by atoms with van der Waals surface area (Å²) in [5, 5.41) is 8.48. The van der Waals surface area contributed by atoms with Crippen molar-refractivity contribution < 1.29 is 9.13 Å². The van der Waals surface area contributed by atoms with Crippen molar-refractivity contribution in [3.05, 3.63) is 101 Å². The van der Waals surface area contributed by atoms with Crippen LogP contribution in [0, 0.1) is 5.82 Å². The predicted octanol–water partition coefficient (Wildman–Crippen LogP) is 4.74. The van der Waals surface area contributed by atoms with Gasteiger partial charge >= 0.3 is 5.69 Å². The van der Waals surface area contributed by atoms with Crippen LogP contribution in [-0.2, 0) is 20.2 Å². The van der Waals surface area contributed by atoms with Crippen molar-refractivity contribution in [2.24, 2.45) is 12.8 Å². The molecule has 3 heterocycles. The maximum absolute atomic E-state index is 14.2. The first-order chi connectivity index (χ1) is 18.5. The number of aromatic nitrogens is 5. The third-order valence-electron chi connectivity index (χ3n) is 6.79. The number of aryl methyl sites for hydroxylation is 2. The van der Waals surface area contributed by atoms with Crippen molar-refractivity contribution >= 4 is 21.8 Å². The molecule has 6 aromatic rings. The van der Waals surface area contributed by atoms with Gasteiger partial charge < -0.3 is 19.6 Å². The Morgan fingerprint density at radius 3 is 2.66 bits per heavy atom. The van der Waals surface area contributed by atoms with E-state index in [2.05, 4.69) is 14.8 Å². The van der Waals surface area contributed by atoms with Gasteiger partial charge in [0.15, 0.2) is 5.82 Å².